The molecular formula is C12H18N4O2S. The topological polar surface area (TPSA) is 90.9 Å². The molecule has 0 radical (unpaired) electrons. The molecule has 0 bridgehead atoms. The van der Waals surface area contributed by atoms with Crippen molar-refractivity contribution in [3.8, 4) is 0 Å². The Labute approximate surface area is 112 Å². The lowest BCUT2D eigenvalue weighted by molar-refractivity contribution is 0.593. The van der Waals surface area contributed by atoms with Gasteiger partial charge in [0.2, 0.25) is 0 Å². The zero-order valence-corrected chi connectivity index (χ0v) is 12.2. The summed E-state index contributed by atoms with van der Waals surface area (Å²) in [5.41, 5.74) is 9.38. The van der Waals surface area contributed by atoms with Crippen LogP contribution < -0.4 is 5.73 Å². The molecule has 19 heavy (non-hydrogen) atoms. The zero-order chi connectivity index (χ0) is 14.2. The Hall–Kier alpha value is -1.63. The SMILES string of the molecule is Cc1nc(N)c2ncn(CCCS(C)(=O)=O)c2c1C. The number of aryl methyl sites for hydroxylation is 3. The first-order valence-corrected chi connectivity index (χ1v) is 8.11. The first-order valence-electron chi connectivity index (χ1n) is 6.05. The van der Waals surface area contributed by atoms with Crippen molar-refractivity contribution in [2.45, 2.75) is 26.8 Å². The summed E-state index contributed by atoms with van der Waals surface area (Å²) in [5.74, 6) is 0.589. The number of imidazole rings is 1. The number of sulfone groups is 1. The highest BCUT2D eigenvalue weighted by Gasteiger charge is 2.12. The van der Waals surface area contributed by atoms with Crippen molar-refractivity contribution in [3.63, 3.8) is 0 Å². The first-order chi connectivity index (χ1) is 8.79. The Bertz CT molecular complexity index is 719. The molecule has 0 atom stereocenters. The van der Waals surface area contributed by atoms with Crippen LogP contribution in [-0.2, 0) is 16.4 Å². The molecule has 0 unspecified atom stereocenters. The summed E-state index contributed by atoms with van der Waals surface area (Å²) in [5, 5.41) is 0. The molecule has 0 aromatic carbocycles. The van der Waals surface area contributed by atoms with Crippen molar-refractivity contribution in [3.05, 3.63) is 17.6 Å². The second-order valence-electron chi connectivity index (χ2n) is 4.83. The van der Waals surface area contributed by atoms with Gasteiger partial charge in [-0.3, -0.25) is 0 Å². The monoisotopic (exact) mass is 282 g/mol. The van der Waals surface area contributed by atoms with Crippen molar-refractivity contribution in [2.75, 3.05) is 17.7 Å². The van der Waals surface area contributed by atoms with Gasteiger partial charge in [-0.2, -0.15) is 0 Å². The number of rotatable bonds is 4. The molecule has 0 aliphatic carbocycles. The number of nitrogens with zero attached hydrogens (tertiary/aromatic N) is 3. The molecule has 2 aromatic rings. The molecule has 0 spiro atoms. The van der Waals surface area contributed by atoms with Crippen molar-refractivity contribution in [1.82, 2.24) is 14.5 Å². The number of fused-ring (bicyclic) bond motifs is 1. The zero-order valence-electron chi connectivity index (χ0n) is 11.3. The maximum Gasteiger partial charge on any atom is 0.151 e. The molecule has 6 nitrogen and oxygen atoms in total. The van der Waals surface area contributed by atoms with Crippen LogP contribution in [0.1, 0.15) is 17.7 Å². The van der Waals surface area contributed by atoms with Crippen LogP contribution in [-0.4, -0.2) is 35.0 Å². The highest BCUT2D eigenvalue weighted by Crippen LogP contribution is 2.23. The highest BCUT2D eigenvalue weighted by atomic mass is 32.2. The predicted octanol–water partition coefficient (Wildman–Crippen LogP) is 1.07. The van der Waals surface area contributed by atoms with Gasteiger partial charge in [-0.25, -0.2) is 18.4 Å². The van der Waals surface area contributed by atoms with Crippen LogP contribution in [0.2, 0.25) is 0 Å². The summed E-state index contributed by atoms with van der Waals surface area (Å²) >= 11 is 0. The van der Waals surface area contributed by atoms with E-state index in [9.17, 15) is 8.42 Å². The van der Waals surface area contributed by atoms with Crippen LogP contribution >= 0.6 is 0 Å². The smallest absolute Gasteiger partial charge is 0.151 e. The number of pyridine rings is 1. The molecule has 2 N–H and O–H groups in total. The van der Waals surface area contributed by atoms with Crippen molar-refractivity contribution in [1.29, 1.82) is 0 Å². The minimum Gasteiger partial charge on any atom is -0.382 e. The first kappa shape index (κ1) is 13.8. The van der Waals surface area contributed by atoms with Gasteiger partial charge >= 0.3 is 0 Å². The van der Waals surface area contributed by atoms with Gasteiger partial charge in [-0.15, -0.1) is 0 Å². The van der Waals surface area contributed by atoms with Crippen LogP contribution in [0.15, 0.2) is 6.33 Å². The minimum absolute atomic E-state index is 0.172. The largest absolute Gasteiger partial charge is 0.382 e. The molecule has 2 heterocycles. The predicted molar refractivity (Wildman–Crippen MR) is 75.7 cm³/mol. The van der Waals surface area contributed by atoms with Crippen molar-refractivity contribution in [2.24, 2.45) is 0 Å². The van der Waals surface area contributed by atoms with E-state index in [0.717, 1.165) is 16.8 Å². The van der Waals surface area contributed by atoms with Gasteiger partial charge in [0, 0.05) is 18.5 Å². The average Bonchev–Trinajstić information content (AvgIpc) is 2.69. The maximum absolute atomic E-state index is 11.1. The van der Waals surface area contributed by atoms with Gasteiger partial charge < -0.3 is 10.3 Å². The summed E-state index contributed by atoms with van der Waals surface area (Å²) in [6.45, 7) is 4.48. The number of hydrogen-bond donors (Lipinski definition) is 1. The van der Waals surface area contributed by atoms with E-state index in [0.29, 0.717) is 24.3 Å². The van der Waals surface area contributed by atoms with Crippen molar-refractivity contribution < 1.29 is 8.42 Å². The molecule has 0 saturated heterocycles. The quantitative estimate of drug-likeness (QED) is 0.905. The second-order valence-corrected chi connectivity index (χ2v) is 7.09. The molecular weight excluding hydrogens is 264 g/mol. The fourth-order valence-corrected chi connectivity index (χ4v) is 2.77. The van der Waals surface area contributed by atoms with E-state index in [-0.39, 0.29) is 5.75 Å². The maximum atomic E-state index is 11.1. The van der Waals surface area contributed by atoms with Gasteiger partial charge in [0.1, 0.15) is 15.4 Å². The molecule has 2 aromatic heterocycles. The Morgan fingerprint density at radius 2 is 2.05 bits per heavy atom. The molecule has 2 rings (SSSR count). The number of aromatic nitrogens is 3. The standard InChI is InChI=1S/C12H18N4O2S/c1-8-9(2)15-12(13)10-11(8)16(7-14-10)5-4-6-19(3,17)18/h7H,4-6H2,1-3H3,(H2,13,15). The summed E-state index contributed by atoms with van der Waals surface area (Å²) in [4.78, 5) is 8.50. The average molecular weight is 282 g/mol. The normalized spacial score (nSPS) is 12.2. The van der Waals surface area contributed by atoms with Crippen LogP contribution in [0.4, 0.5) is 5.82 Å². The van der Waals surface area contributed by atoms with Crippen LogP contribution in [0.25, 0.3) is 11.0 Å². The van der Waals surface area contributed by atoms with Crippen LogP contribution in [0.5, 0.6) is 0 Å². The fraction of sp³-hybridized carbons (Fsp3) is 0.500. The Kier molecular flexibility index (Phi) is 3.49. The van der Waals surface area contributed by atoms with Gasteiger partial charge in [-0.1, -0.05) is 0 Å². The summed E-state index contributed by atoms with van der Waals surface area (Å²) < 4.78 is 24.2. The fourth-order valence-electron chi connectivity index (χ4n) is 2.12. The van der Waals surface area contributed by atoms with Gasteiger partial charge in [-0.05, 0) is 25.8 Å². The van der Waals surface area contributed by atoms with E-state index < -0.39 is 9.84 Å². The molecule has 0 aliphatic heterocycles. The summed E-state index contributed by atoms with van der Waals surface area (Å²) in [7, 11) is -2.93. The van der Waals surface area contributed by atoms with E-state index in [1.807, 2.05) is 18.4 Å². The van der Waals surface area contributed by atoms with Crippen LogP contribution in [0, 0.1) is 13.8 Å². The Balaban J connectivity index is 2.35. The third kappa shape index (κ3) is 2.86. The van der Waals surface area contributed by atoms with E-state index >= 15 is 0 Å². The summed E-state index contributed by atoms with van der Waals surface area (Å²) in [6, 6.07) is 0. The molecule has 104 valence electrons. The Morgan fingerprint density at radius 1 is 1.37 bits per heavy atom. The van der Waals surface area contributed by atoms with Gasteiger partial charge in [0.25, 0.3) is 0 Å². The van der Waals surface area contributed by atoms with Crippen LogP contribution in [0.3, 0.4) is 0 Å². The third-order valence-electron chi connectivity index (χ3n) is 3.18. The van der Waals surface area contributed by atoms with Gasteiger partial charge in [0.15, 0.2) is 5.82 Å². The lowest BCUT2D eigenvalue weighted by atomic mass is 10.2. The van der Waals surface area contributed by atoms with Gasteiger partial charge in [0.05, 0.1) is 17.6 Å². The van der Waals surface area contributed by atoms with E-state index in [4.69, 9.17) is 5.73 Å². The number of hydrogen-bond acceptors (Lipinski definition) is 5. The van der Waals surface area contributed by atoms with E-state index in [2.05, 4.69) is 9.97 Å². The molecule has 0 aliphatic rings. The highest BCUT2D eigenvalue weighted by molar-refractivity contribution is 7.90. The van der Waals surface area contributed by atoms with E-state index in [1.165, 1.54) is 6.26 Å². The Morgan fingerprint density at radius 3 is 2.68 bits per heavy atom. The lowest BCUT2D eigenvalue weighted by Crippen LogP contribution is -2.08. The summed E-state index contributed by atoms with van der Waals surface area (Å²) in [6.07, 6.45) is 3.50. The van der Waals surface area contributed by atoms with Crippen molar-refractivity contribution >= 4 is 26.7 Å². The molecule has 0 fully saturated rings. The van der Waals surface area contributed by atoms with E-state index in [1.54, 1.807) is 6.33 Å². The number of anilines is 1. The minimum atomic E-state index is -2.93. The number of nitrogens with two attached hydrogens (primary N) is 1. The molecule has 7 heteroatoms. The number of nitrogen functional groups attached to an aromatic ring is 1. The third-order valence-corrected chi connectivity index (χ3v) is 4.21. The lowest BCUT2D eigenvalue weighted by Gasteiger charge is -2.08. The molecule has 0 amide bonds. The molecule has 0 saturated carbocycles. The second kappa shape index (κ2) is 4.80.